The van der Waals surface area contributed by atoms with Crippen molar-refractivity contribution in [1.82, 2.24) is 4.57 Å². The zero-order chi connectivity index (χ0) is 30.7. The molecule has 1 fully saturated rings. The molecule has 2 aromatic carbocycles. The van der Waals surface area contributed by atoms with E-state index in [0.29, 0.717) is 29.2 Å². The number of hydrogen-bond donors (Lipinski definition) is 1. The summed E-state index contributed by atoms with van der Waals surface area (Å²) in [5, 5.41) is 1.25. The van der Waals surface area contributed by atoms with E-state index < -0.39 is 30.1 Å². The first-order valence-electron chi connectivity index (χ1n) is 13.7. The number of carbonyl (C=O) groups is 3. The van der Waals surface area contributed by atoms with Crippen LogP contribution in [0.4, 0.5) is 24.5 Å². The van der Waals surface area contributed by atoms with E-state index in [-0.39, 0.29) is 49.3 Å². The lowest BCUT2D eigenvalue weighted by atomic mass is 9.99. The number of rotatable bonds is 10. The highest BCUT2D eigenvalue weighted by Crippen LogP contribution is 2.45. The van der Waals surface area contributed by atoms with Gasteiger partial charge in [-0.15, -0.1) is 0 Å². The number of hydroxylamine groups is 1. The zero-order valence-corrected chi connectivity index (χ0v) is 23.3. The van der Waals surface area contributed by atoms with Gasteiger partial charge in [-0.1, -0.05) is 18.2 Å². The largest absolute Gasteiger partial charge is 0.493 e. The molecule has 2 unspecified atom stereocenters. The van der Waals surface area contributed by atoms with E-state index in [9.17, 15) is 27.6 Å². The second kappa shape index (κ2) is 12.6. The minimum Gasteiger partial charge on any atom is -0.465 e. The molecule has 0 saturated carbocycles. The maximum Gasteiger partial charge on any atom is 0.493 e. The summed E-state index contributed by atoms with van der Waals surface area (Å²) in [5.74, 6) is -3.93. The molecule has 5 rings (SSSR count). The van der Waals surface area contributed by atoms with Crippen LogP contribution in [0.15, 0.2) is 48.7 Å². The lowest BCUT2D eigenvalue weighted by molar-refractivity contribution is -0.202. The Kier molecular flexibility index (Phi) is 8.89. The van der Waals surface area contributed by atoms with Gasteiger partial charge in [-0.05, 0) is 37.1 Å². The summed E-state index contributed by atoms with van der Waals surface area (Å²) >= 11 is 0. The van der Waals surface area contributed by atoms with Crippen molar-refractivity contribution in [1.29, 1.82) is 0 Å². The Labute approximate surface area is 244 Å². The molecule has 43 heavy (non-hydrogen) atoms. The van der Waals surface area contributed by atoms with Crippen molar-refractivity contribution in [3.8, 4) is 0 Å². The monoisotopic (exact) mass is 604 g/mol. The first kappa shape index (κ1) is 30.3. The predicted octanol–water partition coefficient (Wildman–Crippen LogP) is 3.50. The average Bonchev–Trinajstić information content (AvgIpc) is 3.64. The van der Waals surface area contributed by atoms with Crippen LogP contribution in [0.3, 0.4) is 0 Å². The minimum absolute atomic E-state index is 0.0252. The summed E-state index contributed by atoms with van der Waals surface area (Å²) in [4.78, 5) is 45.1. The number of nitrogens with zero attached hydrogens (tertiary/aromatic N) is 3. The van der Waals surface area contributed by atoms with Gasteiger partial charge >= 0.3 is 18.1 Å². The first-order chi connectivity index (χ1) is 20.6. The van der Waals surface area contributed by atoms with Crippen LogP contribution in [0.1, 0.15) is 34.8 Å². The number of amides is 1. The molecule has 2 aliphatic rings. The summed E-state index contributed by atoms with van der Waals surface area (Å²) in [6, 6.07) is 9.56. The van der Waals surface area contributed by atoms with Gasteiger partial charge in [-0.3, -0.25) is 4.79 Å². The predicted molar refractivity (Wildman–Crippen MR) is 148 cm³/mol. The molecule has 3 heterocycles. The normalized spacial score (nSPS) is 18.7. The summed E-state index contributed by atoms with van der Waals surface area (Å²) < 4.78 is 58.5. The van der Waals surface area contributed by atoms with Gasteiger partial charge in [0.2, 0.25) is 0 Å². The number of halogens is 3. The number of methoxy groups -OCH3 is 1. The number of carbonyl (C=O) groups excluding carboxylic acids is 3. The Hall–Kier alpha value is -4.14. The molecule has 2 N–H and O–H groups in total. The molecule has 3 aromatic rings. The third-order valence-corrected chi connectivity index (χ3v) is 7.33. The van der Waals surface area contributed by atoms with Gasteiger partial charge < -0.3 is 34.2 Å². The van der Waals surface area contributed by atoms with Gasteiger partial charge in [0.25, 0.3) is 5.91 Å². The highest BCUT2D eigenvalue weighted by atomic mass is 19.4. The molecule has 2 aliphatic heterocycles. The number of anilines is 2. The number of ether oxygens (including phenoxy) is 3. The van der Waals surface area contributed by atoms with Crippen LogP contribution in [0.2, 0.25) is 0 Å². The smallest absolute Gasteiger partial charge is 0.465 e. The van der Waals surface area contributed by atoms with Gasteiger partial charge in [0.1, 0.15) is 5.69 Å². The minimum atomic E-state index is -5.35. The number of fused-ring (bicyclic) bond motifs is 2. The van der Waals surface area contributed by atoms with E-state index in [1.54, 1.807) is 18.3 Å². The number of alkyl halides is 3. The molecule has 1 amide bonds. The Balaban J connectivity index is 1.66. The highest BCUT2D eigenvalue weighted by molar-refractivity contribution is 6.09. The Bertz CT molecular complexity index is 1500. The molecular formula is C29H31F3N4O7. The van der Waals surface area contributed by atoms with Crippen LogP contribution >= 0.6 is 0 Å². The van der Waals surface area contributed by atoms with Crippen molar-refractivity contribution in [2.75, 3.05) is 50.0 Å². The lowest BCUT2D eigenvalue weighted by Crippen LogP contribution is -2.51. The fraction of sp³-hybridized carbons (Fsp3) is 0.414. The van der Waals surface area contributed by atoms with Crippen LogP contribution in [0, 0.1) is 0 Å². The maximum absolute atomic E-state index is 14.3. The van der Waals surface area contributed by atoms with Crippen molar-refractivity contribution in [3.05, 3.63) is 59.8 Å². The molecule has 1 aromatic heterocycles. The Morgan fingerprint density at radius 2 is 1.91 bits per heavy atom. The Morgan fingerprint density at radius 1 is 1.12 bits per heavy atom. The van der Waals surface area contributed by atoms with E-state index >= 15 is 0 Å². The fourth-order valence-electron chi connectivity index (χ4n) is 5.40. The third kappa shape index (κ3) is 6.17. The van der Waals surface area contributed by atoms with E-state index in [2.05, 4.69) is 0 Å². The lowest BCUT2D eigenvalue weighted by Gasteiger charge is -2.41. The summed E-state index contributed by atoms with van der Waals surface area (Å²) in [6.45, 7) is 1.56. The van der Waals surface area contributed by atoms with Gasteiger partial charge in [0.05, 0.1) is 37.7 Å². The van der Waals surface area contributed by atoms with Crippen LogP contribution in [0.5, 0.6) is 0 Å². The second-order valence-electron chi connectivity index (χ2n) is 10.1. The van der Waals surface area contributed by atoms with Crippen LogP contribution in [-0.2, 0) is 35.2 Å². The van der Waals surface area contributed by atoms with Crippen molar-refractivity contribution >= 4 is 40.1 Å². The zero-order valence-electron chi connectivity index (χ0n) is 23.3. The number of aromatic nitrogens is 1. The number of hydrogen-bond acceptors (Lipinski definition) is 9. The highest BCUT2D eigenvalue weighted by Gasteiger charge is 2.48. The van der Waals surface area contributed by atoms with Crippen LogP contribution < -0.4 is 15.7 Å². The van der Waals surface area contributed by atoms with Gasteiger partial charge in [0.15, 0.2) is 6.04 Å². The van der Waals surface area contributed by atoms with E-state index in [4.69, 9.17) is 24.8 Å². The first-order valence-corrected chi connectivity index (χ1v) is 13.7. The second-order valence-corrected chi connectivity index (χ2v) is 10.1. The molecule has 0 radical (unpaired) electrons. The molecule has 14 heteroatoms. The van der Waals surface area contributed by atoms with Crippen molar-refractivity contribution in [2.24, 2.45) is 5.73 Å². The maximum atomic E-state index is 14.3. The molecular weight excluding hydrogens is 573 g/mol. The quantitative estimate of drug-likeness (QED) is 0.273. The average molecular weight is 605 g/mol. The van der Waals surface area contributed by atoms with Crippen LogP contribution in [0.25, 0.3) is 10.9 Å². The molecule has 11 nitrogen and oxygen atoms in total. The molecule has 0 aliphatic carbocycles. The van der Waals surface area contributed by atoms with Crippen molar-refractivity contribution in [2.45, 2.75) is 37.7 Å². The molecule has 230 valence electrons. The van der Waals surface area contributed by atoms with Crippen LogP contribution in [-0.4, -0.2) is 74.7 Å². The van der Waals surface area contributed by atoms with Crippen molar-refractivity contribution in [3.63, 3.8) is 0 Å². The number of esters is 1. The van der Waals surface area contributed by atoms with Gasteiger partial charge in [-0.25, -0.2) is 9.59 Å². The summed E-state index contributed by atoms with van der Waals surface area (Å²) in [6.07, 6.45) is -1.99. The summed E-state index contributed by atoms with van der Waals surface area (Å²) in [7, 11) is 1.17. The standard InChI is InChI=1S/C29H31F3N4O7/c1-40-27(38)18-8-9-23-24(15-18)35(11-14-41-13-10-33)26(37)25(36(23)43-28(39)29(30,31)32)21-17-34(16-19-5-4-12-42-19)22-7-3-2-6-20(21)22/h2-3,6-9,15,17,19,25H,4-5,10-14,16,33H2,1H3. The molecule has 1 saturated heterocycles. The number of benzene rings is 2. The fourth-order valence-corrected chi connectivity index (χ4v) is 5.40. The molecule has 0 bridgehead atoms. The van der Waals surface area contributed by atoms with Gasteiger partial charge in [-0.2, -0.15) is 18.2 Å². The Morgan fingerprint density at radius 3 is 2.60 bits per heavy atom. The molecule has 0 spiro atoms. The number of nitrogens with two attached hydrogens (primary N) is 1. The van der Waals surface area contributed by atoms with E-state index in [1.165, 1.54) is 30.2 Å². The van der Waals surface area contributed by atoms with E-state index in [1.807, 2.05) is 16.7 Å². The third-order valence-electron chi connectivity index (χ3n) is 7.33. The number of para-hydroxylation sites is 1. The topological polar surface area (TPSA) is 126 Å². The molecule has 2 atom stereocenters. The SMILES string of the molecule is COC(=O)c1ccc2c(c1)N(CCOCCN)C(=O)C(c1cn(CC3CCCO3)c3ccccc13)N2OC(=O)C(F)(F)F. The van der Waals surface area contributed by atoms with E-state index in [0.717, 1.165) is 18.4 Å². The summed E-state index contributed by atoms with van der Waals surface area (Å²) in [5.41, 5.74) is 6.61. The van der Waals surface area contributed by atoms with Crippen molar-refractivity contribution < 1.29 is 46.6 Å². The van der Waals surface area contributed by atoms with Gasteiger partial charge in [0, 0.05) is 48.9 Å².